The fraction of sp³-hybridized carbons (Fsp3) is 0.688. The van der Waals surface area contributed by atoms with E-state index < -0.39 is 0 Å². The molecule has 1 aliphatic carbocycles. The number of nitrogens with one attached hydrogen (secondary N) is 1. The highest BCUT2D eigenvalue weighted by Gasteiger charge is 2.22. The van der Waals surface area contributed by atoms with Crippen molar-refractivity contribution in [3.63, 3.8) is 0 Å². The molecule has 2 heterocycles. The molecule has 20 heavy (non-hydrogen) atoms. The fourth-order valence-electron chi connectivity index (χ4n) is 3.05. The number of imidazole rings is 1. The molecule has 0 aliphatic heterocycles. The van der Waals surface area contributed by atoms with Gasteiger partial charge in [0.2, 0.25) is 0 Å². The van der Waals surface area contributed by atoms with Crippen LogP contribution in [0.1, 0.15) is 63.7 Å². The summed E-state index contributed by atoms with van der Waals surface area (Å²) >= 11 is 0. The zero-order valence-corrected chi connectivity index (χ0v) is 12.9. The third kappa shape index (κ3) is 2.43. The Kier molecular flexibility index (Phi) is 3.48. The van der Waals surface area contributed by atoms with Crippen molar-refractivity contribution in [2.45, 2.75) is 59.3 Å². The second-order valence-corrected chi connectivity index (χ2v) is 6.65. The molecule has 2 aromatic heterocycles. The number of rotatable bonds is 2. The molecule has 108 valence electrons. The minimum absolute atomic E-state index is 0.385. The normalized spacial score (nSPS) is 16.9. The van der Waals surface area contributed by atoms with Crippen LogP contribution >= 0.6 is 0 Å². The van der Waals surface area contributed by atoms with Crippen molar-refractivity contribution in [2.75, 3.05) is 0 Å². The molecule has 4 heteroatoms. The first-order valence-corrected chi connectivity index (χ1v) is 7.80. The van der Waals surface area contributed by atoms with Crippen LogP contribution in [0.3, 0.4) is 0 Å². The summed E-state index contributed by atoms with van der Waals surface area (Å²) in [4.78, 5) is 17.5. The molecule has 0 radical (unpaired) electrons. The van der Waals surface area contributed by atoms with Crippen LogP contribution in [0.5, 0.6) is 0 Å². The largest absolute Gasteiger partial charge is 0.325 e. The van der Waals surface area contributed by atoms with Gasteiger partial charge in [0.05, 0.1) is 11.4 Å². The van der Waals surface area contributed by atoms with Crippen LogP contribution in [0, 0.1) is 11.8 Å². The van der Waals surface area contributed by atoms with Crippen molar-refractivity contribution in [3.05, 3.63) is 17.2 Å². The predicted octanol–water partition coefficient (Wildman–Crippen LogP) is 3.63. The molecule has 1 atom stereocenters. The summed E-state index contributed by atoms with van der Waals surface area (Å²) in [6, 6.07) is 0. The first-order chi connectivity index (χ1) is 9.54. The molecule has 0 amide bonds. The Labute approximate surface area is 120 Å². The molecule has 0 saturated carbocycles. The molecule has 4 nitrogen and oxygen atoms in total. The van der Waals surface area contributed by atoms with Crippen LogP contribution in [-0.2, 0) is 12.8 Å². The second-order valence-electron chi connectivity index (χ2n) is 6.65. The maximum absolute atomic E-state index is 4.79. The summed E-state index contributed by atoms with van der Waals surface area (Å²) < 4.78 is 0. The summed E-state index contributed by atoms with van der Waals surface area (Å²) in [5.41, 5.74) is 3.99. The molecular weight excluding hydrogens is 248 g/mol. The Balaban J connectivity index is 1.95. The predicted molar refractivity (Wildman–Crippen MR) is 80.7 cm³/mol. The van der Waals surface area contributed by atoms with Gasteiger partial charge in [-0.1, -0.05) is 27.7 Å². The van der Waals surface area contributed by atoms with E-state index >= 15 is 0 Å². The summed E-state index contributed by atoms with van der Waals surface area (Å²) in [5, 5.41) is 0. The van der Waals surface area contributed by atoms with Crippen molar-refractivity contribution in [3.8, 4) is 0 Å². The number of hydrogen-bond acceptors (Lipinski definition) is 3. The number of H-pyrrole nitrogens is 1. The Hall–Kier alpha value is -1.45. The molecular formula is C16H24N4. The van der Waals surface area contributed by atoms with Gasteiger partial charge in [-0.05, 0) is 37.5 Å². The maximum atomic E-state index is 4.79. The van der Waals surface area contributed by atoms with Crippen LogP contribution in [0.2, 0.25) is 0 Å². The van der Waals surface area contributed by atoms with Crippen molar-refractivity contribution in [1.29, 1.82) is 0 Å². The van der Waals surface area contributed by atoms with Crippen molar-refractivity contribution in [1.82, 2.24) is 19.9 Å². The van der Waals surface area contributed by atoms with E-state index in [-0.39, 0.29) is 0 Å². The van der Waals surface area contributed by atoms with Crippen LogP contribution in [0.25, 0.3) is 11.3 Å². The summed E-state index contributed by atoms with van der Waals surface area (Å²) in [6.45, 7) is 8.91. The molecule has 0 aromatic carbocycles. The summed E-state index contributed by atoms with van der Waals surface area (Å²) in [7, 11) is 0. The van der Waals surface area contributed by atoms with Crippen LogP contribution in [-0.4, -0.2) is 19.9 Å². The van der Waals surface area contributed by atoms with Gasteiger partial charge in [0.15, 0.2) is 11.3 Å². The molecule has 3 rings (SSSR count). The Morgan fingerprint density at radius 1 is 0.950 bits per heavy atom. The molecule has 1 N–H and O–H groups in total. The van der Waals surface area contributed by atoms with E-state index in [0.717, 1.165) is 41.8 Å². The third-order valence-corrected chi connectivity index (χ3v) is 4.50. The first kappa shape index (κ1) is 13.5. The van der Waals surface area contributed by atoms with Crippen LogP contribution < -0.4 is 0 Å². The number of aryl methyl sites for hydroxylation is 2. The molecule has 0 bridgehead atoms. The maximum Gasteiger partial charge on any atom is 0.197 e. The van der Waals surface area contributed by atoms with Gasteiger partial charge in [-0.2, -0.15) is 0 Å². The minimum atomic E-state index is 0.385. The SMILES string of the molecule is CC(C)c1nc2nc3c(nc2[nH]1)CCC(C(C)C)CC3. The number of fused-ring (bicyclic) bond motifs is 2. The zero-order valence-electron chi connectivity index (χ0n) is 12.9. The average Bonchev–Trinajstić information content (AvgIpc) is 2.69. The number of aromatic nitrogens is 4. The Morgan fingerprint density at radius 3 is 2.20 bits per heavy atom. The van der Waals surface area contributed by atoms with Crippen molar-refractivity contribution in [2.24, 2.45) is 11.8 Å². The van der Waals surface area contributed by atoms with E-state index in [1.807, 2.05) is 0 Å². The van der Waals surface area contributed by atoms with Crippen molar-refractivity contribution < 1.29 is 0 Å². The zero-order chi connectivity index (χ0) is 14.3. The van der Waals surface area contributed by atoms with Crippen LogP contribution in [0.15, 0.2) is 0 Å². The molecule has 0 spiro atoms. The van der Waals surface area contributed by atoms with Gasteiger partial charge >= 0.3 is 0 Å². The van der Waals surface area contributed by atoms with E-state index in [1.165, 1.54) is 24.2 Å². The highest BCUT2D eigenvalue weighted by molar-refractivity contribution is 5.66. The van der Waals surface area contributed by atoms with Gasteiger partial charge in [0.1, 0.15) is 5.82 Å². The lowest BCUT2D eigenvalue weighted by atomic mass is 9.89. The fourth-order valence-corrected chi connectivity index (χ4v) is 3.05. The number of aromatic amines is 1. The second kappa shape index (κ2) is 5.15. The van der Waals surface area contributed by atoms with Gasteiger partial charge in [-0.25, -0.2) is 15.0 Å². The van der Waals surface area contributed by atoms with Gasteiger partial charge < -0.3 is 4.98 Å². The highest BCUT2D eigenvalue weighted by atomic mass is 15.1. The lowest BCUT2D eigenvalue weighted by molar-refractivity contribution is 0.344. The first-order valence-electron chi connectivity index (χ1n) is 7.80. The lowest BCUT2D eigenvalue weighted by Gasteiger charge is -2.17. The Morgan fingerprint density at radius 2 is 1.60 bits per heavy atom. The van der Waals surface area contributed by atoms with Gasteiger partial charge in [-0.15, -0.1) is 0 Å². The molecule has 0 saturated heterocycles. The number of hydrogen-bond donors (Lipinski definition) is 1. The van der Waals surface area contributed by atoms with Gasteiger partial charge in [0, 0.05) is 5.92 Å². The molecule has 0 fully saturated rings. The van der Waals surface area contributed by atoms with E-state index in [4.69, 9.17) is 9.97 Å². The standard InChI is InChI=1S/C16H24N4/c1-9(2)11-5-7-12-13(8-6-11)18-16-15(17-12)19-14(20-16)10(3)4/h9-11H,5-8H2,1-4H3,(H,17,18,19,20). The van der Waals surface area contributed by atoms with E-state index in [0.29, 0.717) is 5.92 Å². The van der Waals surface area contributed by atoms with Gasteiger partial charge in [0.25, 0.3) is 0 Å². The quantitative estimate of drug-likeness (QED) is 0.849. The lowest BCUT2D eigenvalue weighted by Crippen LogP contribution is -2.08. The van der Waals surface area contributed by atoms with E-state index in [1.54, 1.807) is 0 Å². The summed E-state index contributed by atoms with van der Waals surface area (Å²) in [6.07, 6.45) is 4.56. The topological polar surface area (TPSA) is 54.5 Å². The van der Waals surface area contributed by atoms with Gasteiger partial charge in [-0.3, -0.25) is 0 Å². The minimum Gasteiger partial charge on any atom is -0.325 e. The Bertz CT molecular complexity index is 567. The van der Waals surface area contributed by atoms with E-state index in [2.05, 4.69) is 37.7 Å². The highest BCUT2D eigenvalue weighted by Crippen LogP contribution is 2.28. The number of nitrogens with zero attached hydrogens (tertiary/aromatic N) is 3. The summed E-state index contributed by atoms with van der Waals surface area (Å²) in [5.74, 6) is 2.92. The average molecular weight is 272 g/mol. The molecule has 1 aliphatic rings. The monoisotopic (exact) mass is 272 g/mol. The molecule has 2 aromatic rings. The van der Waals surface area contributed by atoms with Crippen LogP contribution in [0.4, 0.5) is 0 Å². The molecule has 1 unspecified atom stereocenters. The third-order valence-electron chi connectivity index (χ3n) is 4.50. The van der Waals surface area contributed by atoms with E-state index in [9.17, 15) is 0 Å². The van der Waals surface area contributed by atoms with Crippen molar-refractivity contribution >= 4 is 11.3 Å². The smallest absolute Gasteiger partial charge is 0.197 e.